The first-order valence-electron chi connectivity index (χ1n) is 7.54. The van der Waals surface area contributed by atoms with Gasteiger partial charge in [-0.25, -0.2) is 4.79 Å². The largest absolute Gasteiger partial charge is 0.463 e. The topological polar surface area (TPSA) is 26.3 Å². The molecule has 2 heteroatoms. The third-order valence-corrected chi connectivity index (χ3v) is 3.87. The molecule has 2 aliphatic carbocycles. The fourth-order valence-electron chi connectivity index (χ4n) is 2.91. The number of rotatable bonds is 2. The molecule has 2 rings (SSSR count). The Bertz CT molecular complexity index is 401. The highest BCUT2D eigenvalue weighted by Gasteiger charge is 2.19. The summed E-state index contributed by atoms with van der Waals surface area (Å²) in [6.45, 7) is 2.30. The monoisotopic (exact) mass is 260 g/mol. The summed E-state index contributed by atoms with van der Waals surface area (Å²) in [5.41, 5.74) is 2.64. The van der Waals surface area contributed by atoms with Gasteiger partial charge in [0, 0.05) is 6.08 Å². The van der Waals surface area contributed by atoms with Gasteiger partial charge in [0.15, 0.2) is 0 Å². The molecule has 0 N–H and O–H groups in total. The van der Waals surface area contributed by atoms with Crippen molar-refractivity contribution in [2.45, 2.75) is 51.9 Å². The number of ether oxygens (including phenoxy) is 1. The van der Waals surface area contributed by atoms with E-state index < -0.39 is 0 Å². The van der Waals surface area contributed by atoms with Crippen molar-refractivity contribution in [2.24, 2.45) is 5.92 Å². The van der Waals surface area contributed by atoms with Gasteiger partial charge < -0.3 is 4.74 Å². The molecule has 0 bridgehead atoms. The van der Waals surface area contributed by atoms with Crippen molar-refractivity contribution in [3.63, 3.8) is 0 Å². The molecule has 1 saturated carbocycles. The number of hydrogen-bond donors (Lipinski definition) is 0. The number of allylic oxidation sites excluding steroid dienone is 5. The predicted octanol–water partition coefficient (Wildman–Crippen LogP) is 4.33. The number of carbonyl (C=O) groups excluding carboxylic acids is 1. The summed E-state index contributed by atoms with van der Waals surface area (Å²) in [4.78, 5) is 11.6. The van der Waals surface area contributed by atoms with Gasteiger partial charge in [0.05, 0.1) is 6.61 Å². The average molecular weight is 260 g/mol. The van der Waals surface area contributed by atoms with Crippen LogP contribution in [0.2, 0.25) is 0 Å². The van der Waals surface area contributed by atoms with Gasteiger partial charge in [-0.05, 0) is 63.4 Å². The van der Waals surface area contributed by atoms with Crippen LogP contribution in [0.25, 0.3) is 0 Å². The number of fused-ring (bicyclic) bond motifs is 1. The van der Waals surface area contributed by atoms with Crippen LogP contribution in [0.1, 0.15) is 51.9 Å². The van der Waals surface area contributed by atoms with Gasteiger partial charge in [-0.2, -0.15) is 0 Å². The smallest absolute Gasteiger partial charge is 0.331 e. The van der Waals surface area contributed by atoms with Gasteiger partial charge >= 0.3 is 5.97 Å². The van der Waals surface area contributed by atoms with Crippen LogP contribution in [-0.2, 0) is 9.53 Å². The normalized spacial score (nSPS) is 30.3. The van der Waals surface area contributed by atoms with Crippen LogP contribution in [0.15, 0.2) is 35.5 Å². The van der Waals surface area contributed by atoms with Crippen molar-refractivity contribution >= 4 is 5.97 Å². The summed E-state index contributed by atoms with van der Waals surface area (Å²) in [5.74, 6) is 0.403. The van der Waals surface area contributed by atoms with Crippen LogP contribution in [0.5, 0.6) is 0 Å². The minimum absolute atomic E-state index is 0.198. The number of carbonyl (C=O) groups is 1. The molecule has 0 aromatic heterocycles. The molecule has 2 nitrogen and oxygen atoms in total. The summed E-state index contributed by atoms with van der Waals surface area (Å²) in [7, 11) is 0. The van der Waals surface area contributed by atoms with E-state index in [2.05, 4.69) is 18.2 Å². The third kappa shape index (κ3) is 4.38. The van der Waals surface area contributed by atoms with Crippen molar-refractivity contribution in [1.82, 2.24) is 0 Å². The summed E-state index contributed by atoms with van der Waals surface area (Å²) in [6, 6.07) is 0. The molecule has 104 valence electrons. The molecule has 0 aliphatic heterocycles. The lowest BCUT2D eigenvalue weighted by Gasteiger charge is -2.11. The number of hydrogen-bond acceptors (Lipinski definition) is 2. The Morgan fingerprint density at radius 3 is 3.11 bits per heavy atom. The van der Waals surface area contributed by atoms with Crippen molar-refractivity contribution in [3.8, 4) is 0 Å². The summed E-state index contributed by atoms with van der Waals surface area (Å²) >= 11 is 0. The van der Waals surface area contributed by atoms with Crippen molar-refractivity contribution < 1.29 is 9.53 Å². The van der Waals surface area contributed by atoms with E-state index >= 15 is 0 Å². The van der Waals surface area contributed by atoms with E-state index in [9.17, 15) is 4.79 Å². The van der Waals surface area contributed by atoms with Gasteiger partial charge in [0.2, 0.25) is 0 Å². The SMILES string of the molecule is CCOC(=O)/C=C1/C=C2/CCCC2/C=C\CCCC1. The average Bonchev–Trinajstić information content (AvgIpc) is 2.81. The van der Waals surface area contributed by atoms with Crippen LogP contribution in [-0.4, -0.2) is 12.6 Å². The molecule has 1 atom stereocenters. The zero-order chi connectivity index (χ0) is 13.5. The van der Waals surface area contributed by atoms with Crippen LogP contribution in [0.3, 0.4) is 0 Å². The molecule has 0 saturated heterocycles. The molecular weight excluding hydrogens is 236 g/mol. The predicted molar refractivity (Wildman–Crippen MR) is 77.7 cm³/mol. The molecule has 0 spiro atoms. The highest BCUT2D eigenvalue weighted by Crippen LogP contribution is 2.34. The lowest BCUT2D eigenvalue weighted by molar-refractivity contribution is -0.137. The Morgan fingerprint density at radius 2 is 2.26 bits per heavy atom. The van der Waals surface area contributed by atoms with Gasteiger partial charge in [-0.3, -0.25) is 0 Å². The molecule has 19 heavy (non-hydrogen) atoms. The van der Waals surface area contributed by atoms with Crippen LogP contribution in [0, 0.1) is 5.92 Å². The second-order valence-corrected chi connectivity index (χ2v) is 5.36. The molecule has 1 unspecified atom stereocenters. The summed E-state index contributed by atoms with van der Waals surface area (Å²) in [6.07, 6.45) is 16.9. The lowest BCUT2D eigenvalue weighted by Crippen LogP contribution is -2.02. The fraction of sp³-hybridized carbons (Fsp3) is 0.588. The molecule has 0 amide bonds. The zero-order valence-corrected chi connectivity index (χ0v) is 11.9. The molecule has 2 aliphatic rings. The maximum atomic E-state index is 11.6. The van der Waals surface area contributed by atoms with E-state index in [1.165, 1.54) is 31.3 Å². The van der Waals surface area contributed by atoms with E-state index in [0.717, 1.165) is 24.8 Å². The minimum Gasteiger partial charge on any atom is -0.463 e. The van der Waals surface area contributed by atoms with E-state index in [1.54, 1.807) is 6.08 Å². The fourth-order valence-corrected chi connectivity index (χ4v) is 2.91. The Kier molecular flexibility index (Phi) is 5.44. The first-order valence-corrected chi connectivity index (χ1v) is 7.54. The minimum atomic E-state index is -0.198. The Hall–Kier alpha value is -1.31. The molecule has 1 fully saturated rings. The zero-order valence-electron chi connectivity index (χ0n) is 11.9. The first kappa shape index (κ1) is 14.1. The quantitative estimate of drug-likeness (QED) is 0.419. The Labute approximate surface area is 116 Å². The van der Waals surface area contributed by atoms with Gasteiger partial charge in [-0.1, -0.05) is 23.8 Å². The van der Waals surface area contributed by atoms with Gasteiger partial charge in [-0.15, -0.1) is 0 Å². The highest BCUT2D eigenvalue weighted by molar-refractivity contribution is 5.83. The van der Waals surface area contributed by atoms with Crippen LogP contribution < -0.4 is 0 Å². The standard InChI is InChI=1S/C17H24O2/c1-2-19-17(18)13-14-8-5-3-4-6-9-15-10-7-11-16(15)12-14/h6,9,12-13,15H,2-5,7-8,10-11H2,1H3/b9-6-,14-13+,16-12-. The molecule has 0 aromatic rings. The lowest BCUT2D eigenvalue weighted by atomic mass is 9.95. The molecule has 0 aromatic carbocycles. The van der Waals surface area contributed by atoms with Crippen molar-refractivity contribution in [1.29, 1.82) is 0 Å². The number of esters is 1. The van der Waals surface area contributed by atoms with E-state index in [4.69, 9.17) is 4.74 Å². The van der Waals surface area contributed by atoms with E-state index in [-0.39, 0.29) is 5.97 Å². The Balaban J connectivity index is 2.17. The highest BCUT2D eigenvalue weighted by atomic mass is 16.5. The Morgan fingerprint density at radius 1 is 1.37 bits per heavy atom. The van der Waals surface area contributed by atoms with Gasteiger partial charge in [0.25, 0.3) is 0 Å². The van der Waals surface area contributed by atoms with Crippen molar-refractivity contribution in [2.75, 3.05) is 6.61 Å². The van der Waals surface area contributed by atoms with E-state index in [1.807, 2.05) is 6.92 Å². The van der Waals surface area contributed by atoms with Crippen LogP contribution >= 0.6 is 0 Å². The second-order valence-electron chi connectivity index (χ2n) is 5.36. The third-order valence-electron chi connectivity index (χ3n) is 3.87. The first-order chi connectivity index (χ1) is 9.29. The van der Waals surface area contributed by atoms with E-state index in [0.29, 0.717) is 12.5 Å². The van der Waals surface area contributed by atoms with Crippen molar-refractivity contribution in [3.05, 3.63) is 35.5 Å². The molecular formula is C17H24O2. The second kappa shape index (κ2) is 7.32. The maximum Gasteiger partial charge on any atom is 0.331 e. The summed E-state index contributed by atoms with van der Waals surface area (Å²) < 4.78 is 5.03. The summed E-state index contributed by atoms with van der Waals surface area (Å²) in [5, 5.41) is 0. The molecule has 0 heterocycles. The van der Waals surface area contributed by atoms with Gasteiger partial charge in [0.1, 0.15) is 0 Å². The maximum absolute atomic E-state index is 11.6. The van der Waals surface area contributed by atoms with Crippen LogP contribution in [0.4, 0.5) is 0 Å². The molecule has 0 radical (unpaired) electrons.